The minimum Gasteiger partial charge on any atom is -0.476 e. The van der Waals surface area contributed by atoms with Crippen molar-refractivity contribution in [2.75, 3.05) is 0 Å². The molecule has 1 aromatic heterocycles. The van der Waals surface area contributed by atoms with Gasteiger partial charge in [0.25, 0.3) is 0 Å². The molecule has 0 unspecified atom stereocenters. The maximum absolute atomic E-state index is 10.4. The van der Waals surface area contributed by atoms with E-state index in [0.29, 0.717) is 6.54 Å². The Hall–Kier alpha value is -1.36. The molecule has 0 saturated heterocycles. The van der Waals surface area contributed by atoms with Crippen molar-refractivity contribution in [1.29, 1.82) is 0 Å². The van der Waals surface area contributed by atoms with Crippen LogP contribution >= 0.6 is 11.6 Å². The molecule has 0 aliphatic carbocycles. The van der Waals surface area contributed by atoms with Crippen molar-refractivity contribution in [1.82, 2.24) is 15.0 Å². The normalized spacial score (nSPS) is 9.75. The summed E-state index contributed by atoms with van der Waals surface area (Å²) in [4.78, 5) is 11.6. The van der Waals surface area contributed by atoms with Crippen LogP contribution in [0.1, 0.15) is 10.5 Å². The minimum atomic E-state index is -1.18. The van der Waals surface area contributed by atoms with E-state index >= 15 is 0 Å². The molecular weight excluding hydrogens is 182 g/mol. The SMILES string of the molecule is C=CCn1nc(Cl)c(C(=O)O)n1. The molecule has 6 heteroatoms. The molecule has 12 heavy (non-hydrogen) atoms. The first kappa shape index (κ1) is 8.73. The van der Waals surface area contributed by atoms with Crippen LogP contribution in [0, 0.1) is 0 Å². The van der Waals surface area contributed by atoms with E-state index in [2.05, 4.69) is 16.8 Å². The lowest BCUT2D eigenvalue weighted by molar-refractivity contribution is 0.0689. The third-order valence-electron chi connectivity index (χ3n) is 1.11. The molecule has 0 aliphatic heterocycles. The van der Waals surface area contributed by atoms with Crippen molar-refractivity contribution in [3.05, 3.63) is 23.5 Å². The molecule has 1 aromatic rings. The summed E-state index contributed by atoms with van der Waals surface area (Å²) in [7, 11) is 0. The van der Waals surface area contributed by atoms with Crippen molar-refractivity contribution in [2.45, 2.75) is 6.54 Å². The van der Waals surface area contributed by atoms with Gasteiger partial charge in [0.1, 0.15) is 0 Å². The second-order valence-corrected chi connectivity index (χ2v) is 2.35. The number of aromatic nitrogens is 3. The van der Waals surface area contributed by atoms with Gasteiger partial charge < -0.3 is 5.11 Å². The number of carbonyl (C=O) groups is 1. The predicted molar refractivity (Wildman–Crippen MR) is 42.2 cm³/mol. The van der Waals surface area contributed by atoms with Gasteiger partial charge >= 0.3 is 5.97 Å². The maximum atomic E-state index is 10.4. The maximum Gasteiger partial charge on any atom is 0.359 e. The zero-order valence-electron chi connectivity index (χ0n) is 6.07. The molecule has 64 valence electrons. The predicted octanol–water partition coefficient (Wildman–Crippen LogP) is 0.816. The number of hydrogen-bond donors (Lipinski definition) is 1. The summed E-state index contributed by atoms with van der Waals surface area (Å²) in [5, 5.41) is 15.7. The van der Waals surface area contributed by atoms with Crippen LogP contribution in [-0.2, 0) is 6.54 Å². The van der Waals surface area contributed by atoms with Gasteiger partial charge in [-0.25, -0.2) is 4.79 Å². The molecule has 0 fully saturated rings. The minimum absolute atomic E-state index is 0.107. The van der Waals surface area contributed by atoms with Crippen LogP contribution in [0.5, 0.6) is 0 Å². The van der Waals surface area contributed by atoms with Gasteiger partial charge in [0.15, 0.2) is 5.15 Å². The van der Waals surface area contributed by atoms with Crippen molar-refractivity contribution in [2.24, 2.45) is 0 Å². The van der Waals surface area contributed by atoms with Gasteiger partial charge in [-0.1, -0.05) is 17.7 Å². The van der Waals surface area contributed by atoms with Crippen molar-refractivity contribution >= 4 is 17.6 Å². The zero-order valence-corrected chi connectivity index (χ0v) is 6.82. The molecule has 1 N–H and O–H groups in total. The standard InChI is InChI=1S/C6H6ClN3O2/c1-2-3-10-8-4(6(11)12)5(7)9-10/h2H,1,3H2,(H,11,12). The molecule has 1 rings (SSSR count). The molecule has 0 bridgehead atoms. The van der Waals surface area contributed by atoms with Crippen molar-refractivity contribution < 1.29 is 9.90 Å². The van der Waals surface area contributed by atoms with Gasteiger partial charge in [0.05, 0.1) is 6.54 Å². The van der Waals surface area contributed by atoms with E-state index in [1.54, 1.807) is 6.08 Å². The Morgan fingerprint density at radius 2 is 2.42 bits per heavy atom. The number of halogens is 1. The number of allylic oxidation sites excluding steroid dienone is 1. The second kappa shape index (κ2) is 3.36. The zero-order chi connectivity index (χ0) is 9.14. The third kappa shape index (κ3) is 1.62. The van der Waals surface area contributed by atoms with E-state index in [-0.39, 0.29) is 10.8 Å². The van der Waals surface area contributed by atoms with Gasteiger partial charge in [-0.3, -0.25) is 0 Å². The number of nitrogens with zero attached hydrogens (tertiary/aromatic N) is 3. The van der Waals surface area contributed by atoms with Gasteiger partial charge in [-0.2, -0.15) is 4.80 Å². The fraction of sp³-hybridized carbons (Fsp3) is 0.167. The van der Waals surface area contributed by atoms with Crippen LogP contribution in [-0.4, -0.2) is 26.1 Å². The summed E-state index contributed by atoms with van der Waals surface area (Å²) >= 11 is 5.47. The molecule has 0 amide bonds. The Morgan fingerprint density at radius 1 is 1.75 bits per heavy atom. The largest absolute Gasteiger partial charge is 0.476 e. The molecule has 1 heterocycles. The van der Waals surface area contributed by atoms with E-state index in [0.717, 1.165) is 0 Å². The first-order valence-corrected chi connectivity index (χ1v) is 3.47. The topological polar surface area (TPSA) is 68.0 Å². The molecule has 5 nitrogen and oxygen atoms in total. The van der Waals surface area contributed by atoms with Gasteiger partial charge in [-0.05, 0) is 0 Å². The number of hydrogen-bond acceptors (Lipinski definition) is 3. The molecule has 0 radical (unpaired) electrons. The number of rotatable bonds is 3. The Balaban J connectivity index is 2.99. The lowest BCUT2D eigenvalue weighted by Gasteiger charge is -1.88. The number of carboxylic acid groups (broad SMARTS) is 1. The van der Waals surface area contributed by atoms with Crippen LogP contribution in [0.2, 0.25) is 5.15 Å². The molecular formula is C6H6ClN3O2. The van der Waals surface area contributed by atoms with Crippen molar-refractivity contribution in [3.63, 3.8) is 0 Å². The fourth-order valence-corrected chi connectivity index (χ4v) is 0.862. The lowest BCUT2D eigenvalue weighted by Crippen LogP contribution is -2.02. The molecule has 0 aromatic carbocycles. The van der Waals surface area contributed by atoms with E-state index in [1.165, 1.54) is 4.80 Å². The Bertz CT molecular complexity index is 321. The quantitative estimate of drug-likeness (QED) is 0.712. The summed E-state index contributed by atoms with van der Waals surface area (Å²) < 4.78 is 0. The highest BCUT2D eigenvalue weighted by molar-refractivity contribution is 6.31. The summed E-state index contributed by atoms with van der Waals surface area (Å²) in [6, 6.07) is 0. The average molecular weight is 188 g/mol. The van der Waals surface area contributed by atoms with Gasteiger partial charge in [0.2, 0.25) is 5.69 Å². The first-order valence-electron chi connectivity index (χ1n) is 3.10. The van der Waals surface area contributed by atoms with Crippen LogP contribution in [0.25, 0.3) is 0 Å². The van der Waals surface area contributed by atoms with Crippen molar-refractivity contribution in [3.8, 4) is 0 Å². The Morgan fingerprint density at radius 3 is 2.83 bits per heavy atom. The number of aromatic carboxylic acids is 1. The Kier molecular flexibility index (Phi) is 2.44. The molecule has 0 aliphatic rings. The van der Waals surface area contributed by atoms with Crippen LogP contribution < -0.4 is 0 Å². The van der Waals surface area contributed by atoms with Crippen LogP contribution in [0.4, 0.5) is 0 Å². The van der Waals surface area contributed by atoms with Gasteiger partial charge in [-0.15, -0.1) is 16.8 Å². The fourth-order valence-electron chi connectivity index (χ4n) is 0.656. The highest BCUT2D eigenvalue weighted by Gasteiger charge is 2.14. The van der Waals surface area contributed by atoms with E-state index in [1.807, 2.05) is 0 Å². The van der Waals surface area contributed by atoms with Gasteiger partial charge in [0, 0.05) is 0 Å². The number of carboxylic acids is 1. The first-order chi connectivity index (χ1) is 5.65. The van der Waals surface area contributed by atoms with Crippen LogP contribution in [0.3, 0.4) is 0 Å². The lowest BCUT2D eigenvalue weighted by atomic mass is 10.5. The summed E-state index contributed by atoms with van der Waals surface area (Å²) in [5.74, 6) is -1.18. The highest BCUT2D eigenvalue weighted by atomic mass is 35.5. The summed E-state index contributed by atoms with van der Waals surface area (Å²) in [5.41, 5.74) is -0.237. The molecule has 0 saturated carbocycles. The smallest absolute Gasteiger partial charge is 0.359 e. The monoisotopic (exact) mass is 187 g/mol. The van der Waals surface area contributed by atoms with E-state index in [9.17, 15) is 4.79 Å². The van der Waals surface area contributed by atoms with E-state index < -0.39 is 5.97 Å². The molecule has 0 atom stereocenters. The molecule has 0 spiro atoms. The van der Waals surface area contributed by atoms with E-state index in [4.69, 9.17) is 16.7 Å². The third-order valence-corrected chi connectivity index (χ3v) is 1.36. The summed E-state index contributed by atoms with van der Waals surface area (Å²) in [6.45, 7) is 3.79. The summed E-state index contributed by atoms with van der Waals surface area (Å²) in [6.07, 6.45) is 1.54. The average Bonchev–Trinajstić information content (AvgIpc) is 2.32. The van der Waals surface area contributed by atoms with Crippen LogP contribution in [0.15, 0.2) is 12.7 Å². The second-order valence-electron chi connectivity index (χ2n) is 1.99. The highest BCUT2D eigenvalue weighted by Crippen LogP contribution is 2.08. The Labute approximate surface area is 73.3 Å².